The number of nitrogens with zero attached hydrogens (tertiary/aromatic N) is 1. The molecule has 0 aliphatic carbocycles. The summed E-state index contributed by atoms with van der Waals surface area (Å²) in [5.41, 5.74) is 1.01. The summed E-state index contributed by atoms with van der Waals surface area (Å²) >= 11 is 4.10. The largest absolute Gasteiger partial charge is 0.299 e. The van der Waals surface area contributed by atoms with Crippen molar-refractivity contribution in [2.24, 2.45) is 0 Å². The molecule has 1 N–H and O–H groups in total. The van der Waals surface area contributed by atoms with Crippen LogP contribution in [0.2, 0.25) is 0 Å². The second-order valence-corrected chi connectivity index (χ2v) is 3.50. The molecule has 68 valence electrons. The lowest BCUT2D eigenvalue weighted by molar-refractivity contribution is 0.512. The lowest BCUT2D eigenvalue weighted by Gasteiger charge is -2.04. The molecule has 0 saturated carbocycles. The summed E-state index contributed by atoms with van der Waals surface area (Å²) in [7, 11) is 0. The fourth-order valence-corrected chi connectivity index (χ4v) is 1.33. The Kier molecular flexibility index (Phi) is 3.03. The third kappa shape index (κ3) is 1.94. The van der Waals surface area contributed by atoms with E-state index in [9.17, 15) is 4.79 Å². The van der Waals surface area contributed by atoms with E-state index in [2.05, 4.69) is 17.7 Å². The maximum absolute atomic E-state index is 11.3. The lowest BCUT2D eigenvalue weighted by atomic mass is 10.3. The van der Waals surface area contributed by atoms with Crippen molar-refractivity contribution in [3.63, 3.8) is 0 Å². The molecule has 1 heterocycles. The minimum atomic E-state index is 0.0433. The molecule has 0 aliphatic heterocycles. The summed E-state index contributed by atoms with van der Waals surface area (Å²) < 4.78 is 1.62. The first-order valence-electron chi connectivity index (χ1n) is 4.06. The molecule has 0 fully saturated rings. The van der Waals surface area contributed by atoms with Crippen LogP contribution in [0.1, 0.15) is 25.6 Å². The number of aromatic nitrogens is 2. The Morgan fingerprint density at radius 2 is 2.33 bits per heavy atom. The van der Waals surface area contributed by atoms with Crippen LogP contribution < -0.4 is 5.56 Å². The monoisotopic (exact) mass is 186 g/mol. The van der Waals surface area contributed by atoms with Gasteiger partial charge in [0.25, 0.3) is 5.56 Å². The molecule has 0 atom stereocenters. The molecule has 0 aliphatic rings. The fourth-order valence-electron chi connectivity index (χ4n) is 1.09. The molecular weight excluding hydrogens is 172 g/mol. The average molecular weight is 186 g/mol. The summed E-state index contributed by atoms with van der Waals surface area (Å²) in [5.74, 6) is 0.762. The standard InChI is InChI=1S/C8H14N2OS/c1-6(2)10-8(11)5-7(9-10)3-4-12/h5-6,9,12H,3-4H2,1-2H3. The third-order valence-electron chi connectivity index (χ3n) is 1.70. The highest BCUT2D eigenvalue weighted by Crippen LogP contribution is 2.00. The summed E-state index contributed by atoms with van der Waals surface area (Å²) in [6, 6.07) is 1.84. The van der Waals surface area contributed by atoms with E-state index in [-0.39, 0.29) is 11.6 Å². The fraction of sp³-hybridized carbons (Fsp3) is 0.625. The second kappa shape index (κ2) is 3.85. The van der Waals surface area contributed by atoms with Crippen LogP contribution in [0.25, 0.3) is 0 Å². The Morgan fingerprint density at radius 3 is 2.75 bits per heavy atom. The second-order valence-electron chi connectivity index (χ2n) is 3.06. The number of nitrogens with one attached hydrogen (secondary N) is 1. The van der Waals surface area contributed by atoms with E-state index in [1.165, 1.54) is 0 Å². The molecule has 0 radical (unpaired) electrons. The smallest absolute Gasteiger partial charge is 0.266 e. The van der Waals surface area contributed by atoms with Gasteiger partial charge in [-0.25, -0.2) is 0 Å². The topological polar surface area (TPSA) is 37.8 Å². The SMILES string of the molecule is CC(C)n1[nH]c(CCS)cc1=O. The van der Waals surface area contributed by atoms with Crippen LogP contribution in [-0.4, -0.2) is 15.5 Å². The van der Waals surface area contributed by atoms with Crippen molar-refractivity contribution in [1.29, 1.82) is 0 Å². The molecule has 0 saturated heterocycles. The first-order valence-corrected chi connectivity index (χ1v) is 4.69. The lowest BCUT2D eigenvalue weighted by Crippen LogP contribution is -2.17. The highest BCUT2D eigenvalue weighted by molar-refractivity contribution is 7.80. The Balaban J connectivity index is 2.93. The van der Waals surface area contributed by atoms with Crippen molar-refractivity contribution in [1.82, 2.24) is 9.78 Å². The van der Waals surface area contributed by atoms with E-state index in [1.807, 2.05) is 13.8 Å². The van der Waals surface area contributed by atoms with Crippen LogP contribution in [0.15, 0.2) is 10.9 Å². The molecule has 1 aromatic rings. The van der Waals surface area contributed by atoms with Gasteiger partial charge in [-0.2, -0.15) is 12.6 Å². The highest BCUT2D eigenvalue weighted by Gasteiger charge is 2.04. The summed E-state index contributed by atoms with van der Waals surface area (Å²) in [6.07, 6.45) is 0.818. The minimum Gasteiger partial charge on any atom is -0.299 e. The van der Waals surface area contributed by atoms with E-state index >= 15 is 0 Å². The molecule has 0 amide bonds. The Labute approximate surface area is 77.2 Å². The van der Waals surface area contributed by atoms with Gasteiger partial charge in [0.15, 0.2) is 0 Å². The van der Waals surface area contributed by atoms with Gasteiger partial charge in [-0.3, -0.25) is 14.6 Å². The normalized spacial score (nSPS) is 11.0. The molecule has 4 heteroatoms. The van der Waals surface area contributed by atoms with Crippen LogP contribution in [0, 0.1) is 0 Å². The molecule has 0 aromatic carbocycles. The van der Waals surface area contributed by atoms with E-state index < -0.39 is 0 Å². The number of hydrogen-bond donors (Lipinski definition) is 2. The van der Waals surface area contributed by atoms with Gasteiger partial charge in [0.05, 0.1) is 0 Å². The number of aromatic amines is 1. The minimum absolute atomic E-state index is 0.0433. The number of H-pyrrole nitrogens is 1. The molecule has 1 rings (SSSR count). The van der Waals surface area contributed by atoms with Gasteiger partial charge in [0.1, 0.15) is 0 Å². The molecule has 0 unspecified atom stereocenters. The van der Waals surface area contributed by atoms with Crippen molar-refractivity contribution < 1.29 is 0 Å². The van der Waals surface area contributed by atoms with Crippen LogP contribution in [0.4, 0.5) is 0 Å². The number of hydrogen-bond acceptors (Lipinski definition) is 2. The first kappa shape index (κ1) is 9.45. The Hall–Kier alpha value is -0.640. The van der Waals surface area contributed by atoms with E-state index in [0.717, 1.165) is 17.9 Å². The zero-order valence-corrected chi connectivity index (χ0v) is 8.27. The molecular formula is C8H14N2OS. The van der Waals surface area contributed by atoms with Gasteiger partial charge in [-0.1, -0.05) is 0 Å². The number of aryl methyl sites for hydroxylation is 1. The zero-order valence-electron chi connectivity index (χ0n) is 7.37. The third-order valence-corrected chi connectivity index (χ3v) is 1.92. The molecule has 0 bridgehead atoms. The zero-order chi connectivity index (χ0) is 9.14. The quantitative estimate of drug-likeness (QED) is 0.685. The number of thiol groups is 1. The average Bonchev–Trinajstić information content (AvgIpc) is 2.32. The van der Waals surface area contributed by atoms with Crippen molar-refractivity contribution in [3.8, 4) is 0 Å². The van der Waals surface area contributed by atoms with Crippen molar-refractivity contribution in [2.45, 2.75) is 26.3 Å². The maximum Gasteiger partial charge on any atom is 0.266 e. The molecule has 1 aromatic heterocycles. The Bertz CT molecular complexity index is 300. The van der Waals surface area contributed by atoms with Crippen LogP contribution >= 0.6 is 12.6 Å². The summed E-state index contributed by atoms with van der Waals surface area (Å²) in [6.45, 7) is 3.95. The van der Waals surface area contributed by atoms with Crippen LogP contribution in [0.3, 0.4) is 0 Å². The molecule has 0 spiro atoms. The van der Waals surface area contributed by atoms with Gasteiger partial charge >= 0.3 is 0 Å². The van der Waals surface area contributed by atoms with Crippen LogP contribution in [-0.2, 0) is 6.42 Å². The number of rotatable bonds is 3. The van der Waals surface area contributed by atoms with Crippen molar-refractivity contribution >= 4 is 12.6 Å². The maximum atomic E-state index is 11.3. The van der Waals surface area contributed by atoms with Gasteiger partial charge < -0.3 is 0 Å². The molecule has 3 nitrogen and oxygen atoms in total. The Morgan fingerprint density at radius 1 is 1.67 bits per heavy atom. The summed E-state index contributed by atoms with van der Waals surface area (Å²) in [5, 5.41) is 3.04. The van der Waals surface area contributed by atoms with Gasteiger partial charge in [-0.15, -0.1) is 0 Å². The summed E-state index contributed by atoms with van der Waals surface area (Å²) in [4.78, 5) is 11.3. The van der Waals surface area contributed by atoms with Crippen LogP contribution in [0.5, 0.6) is 0 Å². The first-order chi connectivity index (χ1) is 5.65. The van der Waals surface area contributed by atoms with Gasteiger partial charge in [0, 0.05) is 17.8 Å². The van der Waals surface area contributed by atoms with Gasteiger partial charge in [-0.05, 0) is 26.0 Å². The predicted molar refractivity (Wildman–Crippen MR) is 53.0 cm³/mol. The molecule has 12 heavy (non-hydrogen) atoms. The van der Waals surface area contributed by atoms with E-state index in [1.54, 1.807) is 10.7 Å². The van der Waals surface area contributed by atoms with E-state index in [0.29, 0.717) is 0 Å². The van der Waals surface area contributed by atoms with E-state index in [4.69, 9.17) is 0 Å². The van der Waals surface area contributed by atoms with Crippen molar-refractivity contribution in [3.05, 3.63) is 22.1 Å². The van der Waals surface area contributed by atoms with Crippen molar-refractivity contribution in [2.75, 3.05) is 5.75 Å². The highest BCUT2D eigenvalue weighted by atomic mass is 32.1. The predicted octanol–water partition coefficient (Wildman–Crippen LogP) is 1.23. The van der Waals surface area contributed by atoms with Gasteiger partial charge in [0.2, 0.25) is 0 Å².